The average Bonchev–Trinajstić information content (AvgIpc) is 2.86. The fourth-order valence-electron chi connectivity index (χ4n) is 2.02. The van der Waals surface area contributed by atoms with Gasteiger partial charge in [0, 0.05) is 34.4 Å². The van der Waals surface area contributed by atoms with Crippen molar-refractivity contribution in [3.8, 4) is 11.3 Å². The van der Waals surface area contributed by atoms with Gasteiger partial charge in [-0.2, -0.15) is 0 Å². The first-order valence-corrected chi connectivity index (χ1v) is 5.78. The number of Topliss-reactive ketones (excluding diaryl/α,β-unsaturated/α-hetero) is 1. The van der Waals surface area contributed by atoms with Gasteiger partial charge in [0.25, 0.3) is 0 Å². The fourth-order valence-corrected chi connectivity index (χ4v) is 2.02. The molecule has 0 amide bonds. The minimum atomic E-state index is 0.0568. The molecule has 0 bridgehead atoms. The van der Waals surface area contributed by atoms with Gasteiger partial charge in [0.2, 0.25) is 0 Å². The Bertz CT molecular complexity index is 728. The summed E-state index contributed by atoms with van der Waals surface area (Å²) in [5.74, 6) is 0.0568. The SMILES string of the molecule is CC(=O)c1ccnc(-c2ccc3[nH]ccc3c2)c1. The number of carbonyl (C=O) groups is 1. The molecule has 1 aromatic carbocycles. The van der Waals surface area contributed by atoms with Gasteiger partial charge in [0.15, 0.2) is 5.78 Å². The van der Waals surface area contributed by atoms with Crippen molar-refractivity contribution in [2.24, 2.45) is 0 Å². The number of hydrogen-bond donors (Lipinski definition) is 1. The maximum Gasteiger partial charge on any atom is 0.159 e. The predicted molar refractivity (Wildman–Crippen MR) is 71.5 cm³/mol. The van der Waals surface area contributed by atoms with Crippen LogP contribution < -0.4 is 0 Å². The van der Waals surface area contributed by atoms with Crippen molar-refractivity contribution >= 4 is 16.7 Å². The van der Waals surface area contributed by atoms with Crippen LogP contribution in [0.15, 0.2) is 48.8 Å². The predicted octanol–water partition coefficient (Wildman–Crippen LogP) is 3.43. The number of nitrogens with one attached hydrogen (secondary N) is 1. The molecule has 3 rings (SSSR count). The molecule has 0 fully saturated rings. The van der Waals surface area contributed by atoms with E-state index in [0.29, 0.717) is 5.56 Å². The number of hydrogen-bond acceptors (Lipinski definition) is 2. The molecule has 0 saturated heterocycles. The highest BCUT2D eigenvalue weighted by molar-refractivity contribution is 5.95. The van der Waals surface area contributed by atoms with Gasteiger partial charge < -0.3 is 4.98 Å². The molecule has 0 aliphatic carbocycles. The summed E-state index contributed by atoms with van der Waals surface area (Å²) in [6.07, 6.45) is 3.58. The lowest BCUT2D eigenvalue weighted by atomic mass is 10.1. The summed E-state index contributed by atoms with van der Waals surface area (Å²) in [5, 5.41) is 1.14. The zero-order valence-corrected chi connectivity index (χ0v) is 9.97. The lowest BCUT2D eigenvalue weighted by Gasteiger charge is -2.03. The van der Waals surface area contributed by atoms with E-state index in [1.54, 1.807) is 19.2 Å². The summed E-state index contributed by atoms with van der Waals surface area (Å²) < 4.78 is 0. The lowest BCUT2D eigenvalue weighted by molar-refractivity contribution is 0.101. The average molecular weight is 236 g/mol. The Hall–Kier alpha value is -2.42. The van der Waals surface area contributed by atoms with Crippen LogP contribution in [-0.2, 0) is 0 Å². The monoisotopic (exact) mass is 236 g/mol. The minimum Gasteiger partial charge on any atom is -0.361 e. The van der Waals surface area contributed by atoms with Gasteiger partial charge in [-0.25, -0.2) is 0 Å². The summed E-state index contributed by atoms with van der Waals surface area (Å²) in [4.78, 5) is 18.8. The first-order chi connectivity index (χ1) is 8.74. The number of ketones is 1. The number of nitrogens with zero attached hydrogens (tertiary/aromatic N) is 1. The zero-order chi connectivity index (χ0) is 12.5. The summed E-state index contributed by atoms with van der Waals surface area (Å²) in [6, 6.07) is 11.7. The Kier molecular flexibility index (Phi) is 2.45. The fraction of sp³-hybridized carbons (Fsp3) is 0.0667. The highest BCUT2D eigenvalue weighted by Gasteiger charge is 2.05. The van der Waals surface area contributed by atoms with Crippen molar-refractivity contribution in [3.05, 3.63) is 54.4 Å². The molecule has 1 N–H and O–H groups in total. The first kappa shape index (κ1) is 10.7. The Labute approximate surface area is 104 Å². The van der Waals surface area contributed by atoms with E-state index < -0.39 is 0 Å². The third kappa shape index (κ3) is 1.80. The summed E-state index contributed by atoms with van der Waals surface area (Å²) in [7, 11) is 0. The number of aromatic amines is 1. The van der Waals surface area contributed by atoms with E-state index in [9.17, 15) is 4.79 Å². The molecule has 0 aliphatic rings. The maximum atomic E-state index is 11.4. The smallest absolute Gasteiger partial charge is 0.159 e. The second-order valence-corrected chi connectivity index (χ2v) is 4.27. The Balaban J connectivity index is 2.13. The van der Waals surface area contributed by atoms with Crippen LogP contribution in [0.2, 0.25) is 0 Å². The number of rotatable bonds is 2. The van der Waals surface area contributed by atoms with Gasteiger partial charge in [-0.05, 0) is 37.3 Å². The Morgan fingerprint density at radius 2 is 2.06 bits per heavy atom. The molecule has 0 radical (unpaired) electrons. The molecule has 0 spiro atoms. The number of carbonyl (C=O) groups excluding carboxylic acids is 1. The van der Waals surface area contributed by atoms with E-state index in [0.717, 1.165) is 22.2 Å². The summed E-state index contributed by atoms with van der Waals surface area (Å²) in [6.45, 7) is 1.56. The van der Waals surface area contributed by atoms with Crippen molar-refractivity contribution in [1.82, 2.24) is 9.97 Å². The van der Waals surface area contributed by atoms with Gasteiger partial charge >= 0.3 is 0 Å². The van der Waals surface area contributed by atoms with Crippen LogP contribution in [0.1, 0.15) is 17.3 Å². The molecule has 2 heterocycles. The summed E-state index contributed by atoms with van der Waals surface area (Å²) >= 11 is 0. The quantitative estimate of drug-likeness (QED) is 0.693. The van der Waals surface area contributed by atoms with Crippen molar-refractivity contribution in [2.45, 2.75) is 6.92 Å². The van der Waals surface area contributed by atoms with E-state index in [2.05, 4.69) is 16.0 Å². The van der Waals surface area contributed by atoms with Crippen LogP contribution in [0.4, 0.5) is 0 Å². The topological polar surface area (TPSA) is 45.8 Å². The molecular formula is C15H12N2O. The molecule has 0 unspecified atom stereocenters. The van der Waals surface area contributed by atoms with Gasteiger partial charge in [0.05, 0.1) is 5.69 Å². The van der Waals surface area contributed by atoms with Gasteiger partial charge in [0.1, 0.15) is 0 Å². The highest BCUT2D eigenvalue weighted by Crippen LogP contribution is 2.23. The maximum absolute atomic E-state index is 11.4. The molecule has 0 atom stereocenters. The molecule has 18 heavy (non-hydrogen) atoms. The number of pyridine rings is 1. The molecule has 88 valence electrons. The first-order valence-electron chi connectivity index (χ1n) is 5.78. The molecule has 0 aliphatic heterocycles. The van der Waals surface area contributed by atoms with Crippen LogP contribution >= 0.6 is 0 Å². The zero-order valence-electron chi connectivity index (χ0n) is 9.97. The van der Waals surface area contributed by atoms with Crippen LogP contribution in [-0.4, -0.2) is 15.8 Å². The van der Waals surface area contributed by atoms with E-state index >= 15 is 0 Å². The summed E-state index contributed by atoms with van der Waals surface area (Å²) in [5.41, 5.74) is 3.63. The van der Waals surface area contributed by atoms with Crippen LogP contribution in [0.3, 0.4) is 0 Å². The number of benzene rings is 1. The largest absolute Gasteiger partial charge is 0.361 e. The van der Waals surface area contributed by atoms with E-state index in [4.69, 9.17) is 0 Å². The standard InChI is InChI=1S/C15H12N2O/c1-10(18)11-4-6-17-15(9-11)12-2-3-14-13(8-12)5-7-16-14/h2-9,16H,1H3. The second-order valence-electron chi connectivity index (χ2n) is 4.27. The van der Waals surface area contributed by atoms with Crippen LogP contribution in [0, 0.1) is 0 Å². The van der Waals surface area contributed by atoms with Crippen molar-refractivity contribution in [3.63, 3.8) is 0 Å². The third-order valence-corrected chi connectivity index (χ3v) is 3.02. The number of fused-ring (bicyclic) bond motifs is 1. The number of H-pyrrole nitrogens is 1. The van der Waals surface area contributed by atoms with Crippen LogP contribution in [0.25, 0.3) is 22.2 Å². The van der Waals surface area contributed by atoms with Gasteiger partial charge in [-0.1, -0.05) is 6.07 Å². The third-order valence-electron chi connectivity index (χ3n) is 3.02. The molecule has 3 nitrogen and oxygen atoms in total. The highest BCUT2D eigenvalue weighted by atomic mass is 16.1. The molecule has 2 aromatic heterocycles. The minimum absolute atomic E-state index is 0.0568. The van der Waals surface area contributed by atoms with Crippen molar-refractivity contribution in [2.75, 3.05) is 0 Å². The van der Waals surface area contributed by atoms with Crippen molar-refractivity contribution in [1.29, 1.82) is 0 Å². The van der Waals surface area contributed by atoms with E-state index in [1.807, 2.05) is 30.5 Å². The molecular weight excluding hydrogens is 224 g/mol. The Morgan fingerprint density at radius 1 is 1.17 bits per heavy atom. The molecule has 0 saturated carbocycles. The Morgan fingerprint density at radius 3 is 2.89 bits per heavy atom. The molecule has 3 aromatic rings. The number of aromatic nitrogens is 2. The van der Waals surface area contributed by atoms with E-state index in [-0.39, 0.29) is 5.78 Å². The second kappa shape index (κ2) is 4.11. The van der Waals surface area contributed by atoms with Gasteiger partial charge in [-0.15, -0.1) is 0 Å². The van der Waals surface area contributed by atoms with Crippen LogP contribution in [0.5, 0.6) is 0 Å². The lowest BCUT2D eigenvalue weighted by Crippen LogP contribution is -1.93. The van der Waals surface area contributed by atoms with Crippen molar-refractivity contribution < 1.29 is 4.79 Å². The van der Waals surface area contributed by atoms with E-state index in [1.165, 1.54) is 0 Å². The normalized spacial score (nSPS) is 10.7. The molecule has 3 heteroatoms. The van der Waals surface area contributed by atoms with Gasteiger partial charge in [-0.3, -0.25) is 9.78 Å².